The highest BCUT2D eigenvalue weighted by Crippen LogP contribution is 2.26. The van der Waals surface area contributed by atoms with E-state index in [-0.39, 0.29) is 23.7 Å². The van der Waals surface area contributed by atoms with Crippen LogP contribution in [0.15, 0.2) is 23.1 Å². The third-order valence-electron chi connectivity index (χ3n) is 2.73. The van der Waals surface area contributed by atoms with Crippen LogP contribution in [0.2, 0.25) is 5.02 Å². The minimum Gasteiger partial charge on any atom is -0.398 e. The van der Waals surface area contributed by atoms with Gasteiger partial charge in [-0.2, -0.15) is 4.31 Å². The first-order valence-electron chi connectivity index (χ1n) is 5.31. The fourth-order valence-electron chi connectivity index (χ4n) is 1.73. The highest BCUT2D eigenvalue weighted by molar-refractivity contribution is 7.89. The van der Waals surface area contributed by atoms with Gasteiger partial charge in [0, 0.05) is 40.4 Å². The van der Waals surface area contributed by atoms with Crippen molar-refractivity contribution in [3.63, 3.8) is 0 Å². The van der Waals surface area contributed by atoms with Crippen molar-refractivity contribution in [3.8, 4) is 0 Å². The van der Waals surface area contributed by atoms with E-state index >= 15 is 0 Å². The summed E-state index contributed by atoms with van der Waals surface area (Å²) in [5, 5.41) is 0.323. The molecular weight excluding hydrogens is 296 g/mol. The van der Waals surface area contributed by atoms with Gasteiger partial charge in [0.15, 0.2) is 0 Å². The Labute approximate surface area is 113 Å². The van der Waals surface area contributed by atoms with E-state index < -0.39 is 20.8 Å². The van der Waals surface area contributed by atoms with E-state index in [1.54, 1.807) is 6.07 Å². The van der Waals surface area contributed by atoms with Gasteiger partial charge >= 0.3 is 0 Å². The van der Waals surface area contributed by atoms with Crippen LogP contribution in [-0.4, -0.2) is 41.5 Å². The third kappa shape index (κ3) is 2.69. The monoisotopic (exact) mass is 308 g/mol. The number of sulfonamides is 1. The van der Waals surface area contributed by atoms with Gasteiger partial charge in [-0.3, -0.25) is 4.21 Å². The average molecular weight is 309 g/mol. The fraction of sp³-hybridized carbons (Fsp3) is 0.400. The Morgan fingerprint density at radius 2 is 1.89 bits per heavy atom. The summed E-state index contributed by atoms with van der Waals surface area (Å²) in [6.45, 7) is 0.502. The summed E-state index contributed by atoms with van der Waals surface area (Å²) < 4.78 is 37.2. The van der Waals surface area contributed by atoms with Gasteiger partial charge in [0.2, 0.25) is 10.0 Å². The average Bonchev–Trinajstić information content (AvgIpc) is 2.32. The second-order valence-electron chi connectivity index (χ2n) is 3.93. The molecule has 0 amide bonds. The van der Waals surface area contributed by atoms with Crippen LogP contribution in [0.1, 0.15) is 0 Å². The first-order chi connectivity index (χ1) is 8.41. The number of anilines is 1. The Bertz CT molecular complexity index is 579. The zero-order valence-corrected chi connectivity index (χ0v) is 11.9. The molecule has 0 aromatic heterocycles. The Kier molecular flexibility index (Phi) is 3.96. The largest absolute Gasteiger partial charge is 0.398 e. The molecule has 1 heterocycles. The van der Waals surface area contributed by atoms with Gasteiger partial charge in [-0.25, -0.2) is 8.42 Å². The lowest BCUT2D eigenvalue weighted by molar-refractivity contribution is 0.439. The SMILES string of the molecule is Nc1ccc(Cl)cc1S(=O)(=O)N1CCS(=O)CC1. The summed E-state index contributed by atoms with van der Waals surface area (Å²) in [6.07, 6.45) is 0. The quantitative estimate of drug-likeness (QED) is 0.815. The zero-order chi connectivity index (χ0) is 13.3. The number of nitrogen functional groups attached to an aromatic ring is 1. The molecule has 0 spiro atoms. The lowest BCUT2D eigenvalue weighted by Crippen LogP contribution is -2.41. The highest BCUT2D eigenvalue weighted by atomic mass is 35.5. The number of hydrogen-bond donors (Lipinski definition) is 1. The van der Waals surface area contributed by atoms with Crippen molar-refractivity contribution < 1.29 is 12.6 Å². The smallest absolute Gasteiger partial charge is 0.245 e. The maximum Gasteiger partial charge on any atom is 0.245 e. The summed E-state index contributed by atoms with van der Waals surface area (Å²) in [7, 11) is -4.57. The van der Waals surface area contributed by atoms with E-state index in [0.29, 0.717) is 16.5 Å². The van der Waals surface area contributed by atoms with Crippen LogP contribution in [-0.2, 0) is 20.8 Å². The summed E-state index contributed by atoms with van der Waals surface area (Å²) in [4.78, 5) is 0.0164. The molecule has 0 aliphatic carbocycles. The van der Waals surface area contributed by atoms with Crippen LogP contribution in [0, 0.1) is 0 Å². The van der Waals surface area contributed by atoms with Crippen molar-refractivity contribution in [2.45, 2.75) is 4.90 Å². The number of halogens is 1. The number of benzene rings is 1. The maximum absolute atomic E-state index is 12.4. The lowest BCUT2D eigenvalue weighted by atomic mass is 10.3. The lowest BCUT2D eigenvalue weighted by Gasteiger charge is -2.26. The van der Waals surface area contributed by atoms with E-state index in [0.717, 1.165) is 0 Å². The molecule has 1 aliphatic heterocycles. The van der Waals surface area contributed by atoms with Gasteiger partial charge in [0.05, 0.1) is 5.69 Å². The molecule has 0 unspecified atom stereocenters. The highest BCUT2D eigenvalue weighted by Gasteiger charge is 2.29. The number of hydrogen-bond acceptors (Lipinski definition) is 4. The van der Waals surface area contributed by atoms with Gasteiger partial charge in [-0.05, 0) is 18.2 Å². The number of nitrogens with zero attached hydrogens (tertiary/aromatic N) is 1. The Morgan fingerprint density at radius 3 is 2.50 bits per heavy atom. The van der Waals surface area contributed by atoms with Gasteiger partial charge in [-0.1, -0.05) is 11.6 Å². The molecule has 8 heteroatoms. The fourth-order valence-corrected chi connectivity index (χ4v) is 4.84. The molecule has 0 bridgehead atoms. The molecule has 18 heavy (non-hydrogen) atoms. The first kappa shape index (κ1) is 13.8. The second-order valence-corrected chi connectivity index (χ2v) is 7.97. The van der Waals surface area contributed by atoms with E-state index in [1.165, 1.54) is 16.4 Å². The van der Waals surface area contributed by atoms with Crippen LogP contribution < -0.4 is 5.73 Å². The molecule has 2 rings (SSSR count). The van der Waals surface area contributed by atoms with E-state index in [4.69, 9.17) is 17.3 Å². The molecule has 100 valence electrons. The molecule has 1 aliphatic rings. The standard InChI is InChI=1S/C10H13ClN2O3S2/c11-8-1-2-9(12)10(7-8)18(15,16)13-3-5-17(14)6-4-13/h1-2,7H,3-6,12H2. The molecule has 1 fully saturated rings. The first-order valence-corrected chi connectivity index (χ1v) is 8.62. The Balaban J connectivity index is 2.36. The molecule has 0 saturated carbocycles. The van der Waals surface area contributed by atoms with Crippen LogP contribution in [0.25, 0.3) is 0 Å². The summed E-state index contributed by atoms with van der Waals surface area (Å²) in [5.74, 6) is 0.722. The predicted octanol–water partition coefficient (Wildman–Crippen LogP) is 0.675. The minimum atomic E-state index is -3.65. The molecule has 1 aromatic carbocycles. The van der Waals surface area contributed by atoms with Gasteiger partial charge in [0.25, 0.3) is 0 Å². The minimum absolute atomic E-state index is 0.0164. The molecular formula is C10H13ClN2O3S2. The van der Waals surface area contributed by atoms with Crippen LogP contribution in [0.3, 0.4) is 0 Å². The van der Waals surface area contributed by atoms with Crippen molar-refractivity contribution in [1.29, 1.82) is 0 Å². The molecule has 0 atom stereocenters. The van der Waals surface area contributed by atoms with Crippen LogP contribution >= 0.6 is 11.6 Å². The third-order valence-corrected chi connectivity index (χ3v) is 6.20. The molecule has 1 saturated heterocycles. The Morgan fingerprint density at radius 1 is 1.28 bits per heavy atom. The molecule has 0 radical (unpaired) electrons. The van der Waals surface area contributed by atoms with E-state index in [9.17, 15) is 12.6 Å². The van der Waals surface area contributed by atoms with E-state index in [2.05, 4.69) is 0 Å². The van der Waals surface area contributed by atoms with Crippen LogP contribution in [0.4, 0.5) is 5.69 Å². The molecule has 1 aromatic rings. The summed E-state index contributed by atoms with van der Waals surface area (Å²) in [6, 6.07) is 4.36. The van der Waals surface area contributed by atoms with Crippen LogP contribution in [0.5, 0.6) is 0 Å². The van der Waals surface area contributed by atoms with Crippen molar-refractivity contribution in [1.82, 2.24) is 4.31 Å². The van der Waals surface area contributed by atoms with Gasteiger partial charge in [-0.15, -0.1) is 0 Å². The molecule has 5 nitrogen and oxygen atoms in total. The zero-order valence-electron chi connectivity index (χ0n) is 9.50. The predicted molar refractivity (Wildman–Crippen MR) is 72.5 cm³/mol. The molecule has 2 N–H and O–H groups in total. The number of rotatable bonds is 2. The van der Waals surface area contributed by atoms with Gasteiger partial charge in [0.1, 0.15) is 4.90 Å². The van der Waals surface area contributed by atoms with Gasteiger partial charge < -0.3 is 5.73 Å². The Hall–Kier alpha value is -0.630. The maximum atomic E-state index is 12.4. The van der Waals surface area contributed by atoms with Crippen molar-refractivity contribution >= 4 is 38.1 Å². The van der Waals surface area contributed by atoms with Crippen molar-refractivity contribution in [2.75, 3.05) is 30.3 Å². The van der Waals surface area contributed by atoms with E-state index in [1.807, 2.05) is 0 Å². The normalized spacial score (nSPS) is 18.9. The number of nitrogens with two attached hydrogens (primary N) is 1. The summed E-state index contributed by atoms with van der Waals surface area (Å²) >= 11 is 5.80. The second kappa shape index (κ2) is 5.16. The topological polar surface area (TPSA) is 80.5 Å². The van der Waals surface area contributed by atoms with Crippen molar-refractivity contribution in [3.05, 3.63) is 23.2 Å². The van der Waals surface area contributed by atoms with Crippen molar-refractivity contribution in [2.24, 2.45) is 0 Å². The summed E-state index contributed by atoms with van der Waals surface area (Å²) in [5.41, 5.74) is 5.86.